The summed E-state index contributed by atoms with van der Waals surface area (Å²) in [6.45, 7) is -2.25. The molecule has 0 aromatic heterocycles. The number of halogens is 7. The fourth-order valence-electron chi connectivity index (χ4n) is 3.18. The summed E-state index contributed by atoms with van der Waals surface area (Å²) in [5, 5.41) is 0. The third-order valence-corrected chi connectivity index (χ3v) is 4.60. The first-order valence-corrected chi connectivity index (χ1v) is 8.91. The van der Waals surface area contributed by atoms with Gasteiger partial charge in [-0.25, -0.2) is 27.5 Å². The topological polar surface area (TPSA) is 72.4 Å². The van der Waals surface area contributed by atoms with E-state index in [1.807, 2.05) is 0 Å². The zero-order valence-electron chi connectivity index (χ0n) is 15.8. The Morgan fingerprint density at radius 3 is 2.71 bits per heavy atom. The summed E-state index contributed by atoms with van der Waals surface area (Å²) in [6.07, 6.45) is -8.51. The van der Waals surface area contributed by atoms with Gasteiger partial charge in [0.05, 0.1) is 12.7 Å². The lowest BCUT2D eigenvalue weighted by molar-refractivity contribution is -0.209. The van der Waals surface area contributed by atoms with Crippen LogP contribution in [0.3, 0.4) is 0 Å². The first-order valence-electron chi connectivity index (χ1n) is 8.91. The lowest BCUT2D eigenvalue weighted by Gasteiger charge is -2.37. The summed E-state index contributed by atoms with van der Waals surface area (Å²) in [6, 6.07) is 2.41. The van der Waals surface area contributed by atoms with E-state index >= 15 is 0 Å². The van der Waals surface area contributed by atoms with E-state index in [2.05, 4.69) is 14.7 Å². The Kier molecular flexibility index (Phi) is 6.32. The molecule has 0 saturated heterocycles. The molecule has 2 aliphatic rings. The van der Waals surface area contributed by atoms with Crippen LogP contribution >= 0.6 is 0 Å². The molecule has 0 radical (unpaired) electrons. The van der Waals surface area contributed by atoms with Gasteiger partial charge in [0.25, 0.3) is 12.4 Å². The molecule has 1 aromatic rings. The molecule has 3 rings (SSSR count). The summed E-state index contributed by atoms with van der Waals surface area (Å²) in [4.78, 5) is 8.89. The number of rotatable bonds is 6. The second-order valence-electron chi connectivity index (χ2n) is 6.77. The summed E-state index contributed by atoms with van der Waals surface area (Å²) in [5.41, 5.74) is 2.84. The standard InChI is InChI=1S/C18H17F7N4O2/c19-9-17(6-13(18(23,24)25)31-16(26)28-17)11-5-10(1-2-12(11)20)29-4-3-27-15(7-29)30-8-14(21)22/h1-3,5,7,13-14H,4,6,8-9H2,(H2,26,28)/t13-,17+/m0/s1. The van der Waals surface area contributed by atoms with Crippen molar-refractivity contribution in [2.24, 2.45) is 15.7 Å². The Hall–Kier alpha value is -2.99. The number of nitrogens with zero attached hydrogens (tertiary/aromatic N) is 3. The number of ether oxygens (including phenoxy) is 2. The predicted molar refractivity (Wildman–Crippen MR) is 97.1 cm³/mol. The fraction of sp³-hybridized carbons (Fsp3) is 0.444. The highest BCUT2D eigenvalue weighted by Crippen LogP contribution is 2.42. The van der Waals surface area contributed by atoms with Crippen LogP contribution in [0.15, 0.2) is 40.3 Å². The Morgan fingerprint density at radius 1 is 1.32 bits per heavy atom. The van der Waals surface area contributed by atoms with Crippen molar-refractivity contribution in [2.45, 2.75) is 30.7 Å². The minimum Gasteiger partial charge on any atom is -0.471 e. The van der Waals surface area contributed by atoms with Crippen LogP contribution in [-0.2, 0) is 15.0 Å². The minimum atomic E-state index is -4.88. The third kappa shape index (κ3) is 5.02. The van der Waals surface area contributed by atoms with E-state index in [0.717, 1.165) is 12.1 Å². The number of nitrogens with two attached hydrogens (primary N) is 1. The molecule has 0 bridgehead atoms. The van der Waals surface area contributed by atoms with Crippen LogP contribution in [0, 0.1) is 5.82 Å². The Morgan fingerprint density at radius 2 is 2.06 bits per heavy atom. The summed E-state index contributed by atoms with van der Waals surface area (Å²) < 4.78 is 102. The molecule has 0 fully saturated rings. The fourth-order valence-corrected chi connectivity index (χ4v) is 3.18. The zero-order valence-corrected chi connectivity index (χ0v) is 15.8. The first-order chi connectivity index (χ1) is 14.5. The number of hydrogen-bond donors (Lipinski definition) is 1. The van der Waals surface area contributed by atoms with E-state index in [1.165, 1.54) is 23.4 Å². The average Bonchev–Trinajstić information content (AvgIpc) is 2.71. The van der Waals surface area contributed by atoms with Crippen molar-refractivity contribution >= 4 is 17.9 Å². The van der Waals surface area contributed by atoms with Gasteiger partial charge < -0.3 is 20.1 Å². The largest absolute Gasteiger partial charge is 0.471 e. The number of amidine groups is 1. The van der Waals surface area contributed by atoms with Crippen LogP contribution in [0.1, 0.15) is 12.0 Å². The monoisotopic (exact) mass is 454 g/mol. The molecular weight excluding hydrogens is 437 g/mol. The van der Waals surface area contributed by atoms with Crippen LogP contribution in [0.4, 0.5) is 36.4 Å². The third-order valence-electron chi connectivity index (χ3n) is 4.60. The van der Waals surface area contributed by atoms with Gasteiger partial charge in [-0.15, -0.1) is 0 Å². The van der Waals surface area contributed by atoms with Crippen LogP contribution in [0.2, 0.25) is 0 Å². The summed E-state index contributed by atoms with van der Waals surface area (Å²) in [5.74, 6) is -1.15. The summed E-state index contributed by atoms with van der Waals surface area (Å²) >= 11 is 0. The Balaban J connectivity index is 1.97. The molecular formula is C18H17F7N4O2. The predicted octanol–water partition coefficient (Wildman–Crippen LogP) is 3.63. The van der Waals surface area contributed by atoms with Gasteiger partial charge in [-0.2, -0.15) is 13.2 Å². The highest BCUT2D eigenvalue weighted by Gasteiger charge is 2.52. The molecule has 0 saturated carbocycles. The van der Waals surface area contributed by atoms with Crippen LogP contribution in [0.5, 0.6) is 0 Å². The number of aliphatic imine (C=N–C) groups is 2. The average molecular weight is 454 g/mol. The maximum absolute atomic E-state index is 14.6. The van der Waals surface area contributed by atoms with E-state index in [9.17, 15) is 30.7 Å². The van der Waals surface area contributed by atoms with E-state index in [-0.39, 0.29) is 18.1 Å². The quantitative estimate of drug-likeness (QED) is 0.667. The van der Waals surface area contributed by atoms with Crippen molar-refractivity contribution in [3.63, 3.8) is 0 Å². The molecule has 2 aliphatic heterocycles. The molecule has 2 N–H and O–H groups in total. The molecule has 0 aliphatic carbocycles. The second kappa shape index (κ2) is 8.63. The van der Waals surface area contributed by atoms with E-state index in [4.69, 9.17) is 10.5 Å². The molecule has 1 aromatic carbocycles. The number of benzene rings is 1. The number of hydrogen-bond acceptors (Lipinski definition) is 6. The molecule has 0 spiro atoms. The van der Waals surface area contributed by atoms with Crippen molar-refractivity contribution in [1.29, 1.82) is 0 Å². The van der Waals surface area contributed by atoms with E-state index in [1.54, 1.807) is 0 Å². The molecule has 0 unspecified atom stereocenters. The molecule has 13 heteroatoms. The van der Waals surface area contributed by atoms with Gasteiger partial charge >= 0.3 is 6.18 Å². The number of alkyl halides is 6. The van der Waals surface area contributed by atoms with Gasteiger partial charge in [-0.3, -0.25) is 0 Å². The molecule has 2 heterocycles. The smallest absolute Gasteiger partial charge is 0.425 e. The molecule has 31 heavy (non-hydrogen) atoms. The van der Waals surface area contributed by atoms with E-state index in [0.29, 0.717) is 0 Å². The minimum absolute atomic E-state index is 0.120. The zero-order chi connectivity index (χ0) is 22.8. The van der Waals surface area contributed by atoms with Crippen molar-refractivity contribution in [3.05, 3.63) is 41.7 Å². The number of anilines is 1. The Bertz CT molecular complexity index is 903. The van der Waals surface area contributed by atoms with Gasteiger partial charge in [-0.1, -0.05) is 0 Å². The summed E-state index contributed by atoms with van der Waals surface area (Å²) in [7, 11) is 0. The molecule has 0 amide bonds. The van der Waals surface area contributed by atoms with Gasteiger partial charge in [0.1, 0.15) is 18.0 Å². The van der Waals surface area contributed by atoms with Crippen molar-refractivity contribution in [3.8, 4) is 0 Å². The second-order valence-corrected chi connectivity index (χ2v) is 6.77. The highest BCUT2D eigenvalue weighted by atomic mass is 19.4. The van der Waals surface area contributed by atoms with Crippen LogP contribution < -0.4 is 10.6 Å². The Labute approximate surface area is 171 Å². The SMILES string of the molecule is NC1=N[C@](CF)(c2cc(N3C=C(OCC(F)F)N=CC3)ccc2F)C[C@@H](C(F)(F)F)O1. The first kappa shape index (κ1) is 22.7. The van der Waals surface area contributed by atoms with Gasteiger partial charge in [-0.05, 0) is 18.2 Å². The molecule has 170 valence electrons. The van der Waals surface area contributed by atoms with Crippen LogP contribution in [-0.4, -0.2) is 50.8 Å². The van der Waals surface area contributed by atoms with Gasteiger partial charge in [0.15, 0.2) is 12.7 Å². The van der Waals surface area contributed by atoms with E-state index < -0.39 is 61.3 Å². The van der Waals surface area contributed by atoms with Crippen molar-refractivity contribution in [1.82, 2.24) is 0 Å². The van der Waals surface area contributed by atoms with Gasteiger partial charge in [0.2, 0.25) is 5.88 Å². The maximum atomic E-state index is 14.6. The van der Waals surface area contributed by atoms with Gasteiger partial charge in [0, 0.05) is 23.9 Å². The van der Waals surface area contributed by atoms with Crippen LogP contribution in [0.25, 0.3) is 0 Å². The van der Waals surface area contributed by atoms with Crippen molar-refractivity contribution in [2.75, 3.05) is 24.7 Å². The lowest BCUT2D eigenvalue weighted by atomic mass is 9.84. The maximum Gasteiger partial charge on any atom is 0.425 e. The van der Waals surface area contributed by atoms with Crippen molar-refractivity contribution < 1.29 is 40.2 Å². The normalized spacial score (nSPS) is 24.0. The molecule has 6 nitrogen and oxygen atoms in total. The molecule has 2 atom stereocenters. The highest BCUT2D eigenvalue weighted by molar-refractivity contribution is 5.74. The lowest BCUT2D eigenvalue weighted by Crippen LogP contribution is -2.48.